The Morgan fingerprint density at radius 1 is 1.88 bits per heavy atom. The van der Waals surface area contributed by atoms with Gasteiger partial charge in [0.1, 0.15) is 6.26 Å². The van der Waals surface area contributed by atoms with Gasteiger partial charge in [-0.05, 0) is 0 Å². The average Bonchev–Trinajstić information content (AvgIpc) is 2.14. The number of hydrogen-bond acceptors (Lipinski definition) is 3. The van der Waals surface area contributed by atoms with Gasteiger partial charge in [-0.3, -0.25) is 0 Å². The van der Waals surface area contributed by atoms with E-state index in [9.17, 15) is 4.79 Å². The minimum Gasteiger partial charge on any atom is -0.512 e. The second-order valence-electron chi connectivity index (χ2n) is 1.34. The molecule has 1 amide bonds. The van der Waals surface area contributed by atoms with E-state index in [2.05, 4.69) is 10.1 Å². The third-order valence-electron chi connectivity index (χ3n) is 0.775. The summed E-state index contributed by atoms with van der Waals surface area (Å²) in [6, 6.07) is 0. The first kappa shape index (κ1) is 4.96. The van der Waals surface area contributed by atoms with Crippen molar-refractivity contribution in [1.82, 2.24) is 5.32 Å². The number of amides is 1. The van der Waals surface area contributed by atoms with Crippen LogP contribution < -0.4 is 5.32 Å². The predicted octanol–water partition coefficient (Wildman–Crippen LogP) is 0.126. The van der Waals surface area contributed by atoms with Gasteiger partial charge in [0.25, 0.3) is 0 Å². The fraction of sp³-hybridized carbons (Fsp3) is 0.250. The number of carbonyl (C=O) groups excluding carboxylic acids is 1. The predicted molar refractivity (Wildman–Crippen MR) is 25.2 cm³/mol. The van der Waals surface area contributed by atoms with Crippen molar-refractivity contribution < 1.29 is 14.6 Å². The number of ether oxygens (including phenoxy) is 1. The van der Waals surface area contributed by atoms with E-state index >= 15 is 0 Å². The van der Waals surface area contributed by atoms with Gasteiger partial charge in [-0.25, -0.2) is 4.79 Å². The number of aliphatic hydroxyl groups excluding tert-OH is 1. The van der Waals surface area contributed by atoms with Gasteiger partial charge in [-0.1, -0.05) is 0 Å². The fourth-order valence-electron chi connectivity index (χ4n) is 0.423. The van der Waals surface area contributed by atoms with Crippen LogP contribution in [0.5, 0.6) is 0 Å². The Hall–Kier alpha value is -1.19. The molecule has 0 radical (unpaired) electrons. The molecular formula is C4H5NO3. The van der Waals surface area contributed by atoms with Crippen LogP contribution in [0.15, 0.2) is 12.0 Å². The summed E-state index contributed by atoms with van der Waals surface area (Å²) < 4.78 is 4.37. The largest absolute Gasteiger partial charge is 0.512 e. The first-order valence-corrected chi connectivity index (χ1v) is 2.12. The van der Waals surface area contributed by atoms with Crippen molar-refractivity contribution >= 4 is 6.09 Å². The molecule has 1 aliphatic heterocycles. The highest BCUT2D eigenvalue weighted by Gasteiger charge is 2.14. The molecule has 0 aliphatic carbocycles. The monoisotopic (exact) mass is 115 g/mol. The zero-order valence-corrected chi connectivity index (χ0v) is 4.05. The summed E-state index contributed by atoms with van der Waals surface area (Å²) in [4.78, 5) is 10.1. The highest BCUT2D eigenvalue weighted by Crippen LogP contribution is 2.00. The van der Waals surface area contributed by atoms with E-state index in [1.165, 1.54) is 0 Å². The van der Waals surface area contributed by atoms with Crippen LogP contribution >= 0.6 is 0 Å². The van der Waals surface area contributed by atoms with E-state index < -0.39 is 6.09 Å². The van der Waals surface area contributed by atoms with Crippen molar-refractivity contribution in [3.05, 3.63) is 12.0 Å². The maximum absolute atomic E-state index is 10.1. The van der Waals surface area contributed by atoms with Crippen LogP contribution in [-0.2, 0) is 4.74 Å². The second-order valence-corrected chi connectivity index (χ2v) is 1.34. The van der Waals surface area contributed by atoms with Gasteiger partial charge in [0.05, 0.1) is 6.54 Å². The molecule has 1 saturated heterocycles. The summed E-state index contributed by atoms with van der Waals surface area (Å²) in [6.45, 7) is 0.287. The molecule has 0 aromatic carbocycles. The van der Waals surface area contributed by atoms with Crippen molar-refractivity contribution in [2.24, 2.45) is 0 Å². The van der Waals surface area contributed by atoms with Gasteiger partial charge < -0.3 is 15.2 Å². The van der Waals surface area contributed by atoms with E-state index in [-0.39, 0.29) is 12.3 Å². The second kappa shape index (κ2) is 1.73. The summed E-state index contributed by atoms with van der Waals surface area (Å²) in [5.41, 5.74) is 0. The Labute approximate surface area is 45.8 Å². The number of carbonyl (C=O) groups is 1. The van der Waals surface area contributed by atoms with Gasteiger partial charge in [-0.2, -0.15) is 0 Å². The Kier molecular flexibility index (Phi) is 1.07. The lowest BCUT2D eigenvalue weighted by Gasteiger charge is -1.85. The van der Waals surface area contributed by atoms with Crippen LogP contribution in [0.4, 0.5) is 4.79 Å². The zero-order valence-electron chi connectivity index (χ0n) is 4.05. The number of aliphatic hydroxyl groups is 1. The standard InChI is InChI=1S/C4H5NO3/c6-2-3-1-5-4(7)8-3/h2,6H,1H2,(H,5,7)/b3-2-. The Bertz CT molecular complexity index is 140. The quantitative estimate of drug-likeness (QED) is 0.441. The highest BCUT2D eigenvalue weighted by molar-refractivity contribution is 5.71. The van der Waals surface area contributed by atoms with Crippen LogP contribution in [0.2, 0.25) is 0 Å². The lowest BCUT2D eigenvalue weighted by molar-refractivity contribution is 0.192. The third kappa shape index (κ3) is 0.726. The Morgan fingerprint density at radius 3 is 2.88 bits per heavy atom. The van der Waals surface area contributed by atoms with Gasteiger partial charge in [0.15, 0.2) is 5.76 Å². The lowest BCUT2D eigenvalue weighted by atomic mass is 10.6. The summed E-state index contributed by atoms with van der Waals surface area (Å²) in [5.74, 6) is 0.259. The lowest BCUT2D eigenvalue weighted by Crippen LogP contribution is -2.11. The molecule has 1 aliphatic rings. The molecule has 2 N–H and O–H groups in total. The van der Waals surface area contributed by atoms with Gasteiger partial charge in [-0.15, -0.1) is 0 Å². The van der Waals surface area contributed by atoms with Crippen LogP contribution in [0.1, 0.15) is 0 Å². The number of alkyl carbamates (subject to hydrolysis) is 1. The summed E-state index contributed by atoms with van der Waals surface area (Å²) in [5, 5.41) is 10.5. The van der Waals surface area contributed by atoms with Crippen molar-refractivity contribution in [1.29, 1.82) is 0 Å². The maximum atomic E-state index is 10.1. The Morgan fingerprint density at radius 2 is 2.62 bits per heavy atom. The van der Waals surface area contributed by atoms with Crippen molar-refractivity contribution in [3.8, 4) is 0 Å². The molecule has 0 aromatic heterocycles. The van der Waals surface area contributed by atoms with Crippen LogP contribution in [0.25, 0.3) is 0 Å². The van der Waals surface area contributed by atoms with Crippen molar-refractivity contribution in [3.63, 3.8) is 0 Å². The van der Waals surface area contributed by atoms with Crippen LogP contribution in [-0.4, -0.2) is 17.7 Å². The first-order chi connectivity index (χ1) is 3.83. The minimum absolute atomic E-state index is 0.259. The zero-order chi connectivity index (χ0) is 5.98. The molecule has 0 bridgehead atoms. The number of nitrogens with one attached hydrogen (secondary N) is 1. The molecule has 0 atom stereocenters. The normalized spacial score (nSPS) is 23.0. The Balaban J connectivity index is 2.56. The summed E-state index contributed by atoms with van der Waals surface area (Å²) >= 11 is 0. The highest BCUT2D eigenvalue weighted by atomic mass is 16.6. The van der Waals surface area contributed by atoms with Gasteiger partial charge >= 0.3 is 6.09 Å². The van der Waals surface area contributed by atoms with Gasteiger partial charge in [0, 0.05) is 0 Å². The smallest absolute Gasteiger partial charge is 0.412 e. The van der Waals surface area contributed by atoms with E-state index in [4.69, 9.17) is 5.11 Å². The first-order valence-electron chi connectivity index (χ1n) is 2.12. The van der Waals surface area contributed by atoms with E-state index in [0.29, 0.717) is 0 Å². The maximum Gasteiger partial charge on any atom is 0.412 e. The molecule has 0 saturated carbocycles. The molecule has 1 heterocycles. The molecule has 0 aromatic rings. The molecule has 0 unspecified atom stereocenters. The summed E-state index contributed by atoms with van der Waals surface area (Å²) in [7, 11) is 0. The average molecular weight is 115 g/mol. The molecule has 8 heavy (non-hydrogen) atoms. The van der Waals surface area contributed by atoms with Crippen LogP contribution in [0.3, 0.4) is 0 Å². The molecule has 1 rings (SSSR count). The molecule has 4 nitrogen and oxygen atoms in total. The van der Waals surface area contributed by atoms with E-state index in [0.717, 1.165) is 6.26 Å². The SMILES string of the molecule is O=C1NC/C(=C/O)O1. The molecule has 4 heteroatoms. The number of cyclic esters (lactones) is 1. The van der Waals surface area contributed by atoms with Crippen molar-refractivity contribution in [2.45, 2.75) is 0 Å². The van der Waals surface area contributed by atoms with E-state index in [1.54, 1.807) is 0 Å². The number of rotatable bonds is 0. The summed E-state index contributed by atoms with van der Waals surface area (Å²) in [6.07, 6.45) is 0.253. The molecule has 0 spiro atoms. The molecular weight excluding hydrogens is 110 g/mol. The number of hydrogen-bond donors (Lipinski definition) is 2. The van der Waals surface area contributed by atoms with Crippen LogP contribution in [0, 0.1) is 0 Å². The fourth-order valence-corrected chi connectivity index (χ4v) is 0.423. The van der Waals surface area contributed by atoms with Crippen molar-refractivity contribution in [2.75, 3.05) is 6.54 Å². The molecule has 44 valence electrons. The van der Waals surface area contributed by atoms with E-state index in [1.807, 2.05) is 0 Å². The minimum atomic E-state index is -0.509. The third-order valence-corrected chi connectivity index (χ3v) is 0.775. The van der Waals surface area contributed by atoms with Gasteiger partial charge in [0.2, 0.25) is 0 Å². The molecule has 1 fully saturated rings. The topological polar surface area (TPSA) is 58.6 Å².